The first kappa shape index (κ1) is 6.60. The van der Waals surface area contributed by atoms with E-state index in [4.69, 9.17) is 11.2 Å². The highest BCUT2D eigenvalue weighted by molar-refractivity contribution is 5.02. The molecule has 1 aliphatic heterocycles. The van der Waals surface area contributed by atoms with Gasteiger partial charge in [-0.2, -0.15) is 0 Å². The van der Waals surface area contributed by atoms with Crippen LogP contribution in [-0.2, 0) is 4.74 Å². The van der Waals surface area contributed by atoms with E-state index in [1.165, 1.54) is 0 Å². The van der Waals surface area contributed by atoms with Crippen LogP contribution in [0.2, 0.25) is 0 Å². The zero-order valence-corrected chi connectivity index (χ0v) is 5.55. The predicted molar refractivity (Wildman–Crippen MR) is 36.0 cm³/mol. The Morgan fingerprint density at radius 2 is 2.44 bits per heavy atom. The standard InChI is InChI=1S/C7H11NO/c1-3-6-4-8-5-7(6)9-2/h1,6-8H,4-5H2,2H3/t6-,7-/m1/s1. The van der Waals surface area contributed by atoms with Crippen molar-refractivity contribution >= 4 is 0 Å². The Kier molecular flexibility index (Phi) is 2.10. The molecule has 0 aromatic heterocycles. The highest BCUT2D eigenvalue weighted by atomic mass is 16.5. The van der Waals surface area contributed by atoms with E-state index in [-0.39, 0.29) is 12.0 Å². The topological polar surface area (TPSA) is 21.3 Å². The molecule has 0 unspecified atom stereocenters. The molecule has 0 amide bonds. The Morgan fingerprint density at radius 1 is 1.67 bits per heavy atom. The van der Waals surface area contributed by atoms with Crippen molar-refractivity contribution in [2.45, 2.75) is 6.10 Å². The van der Waals surface area contributed by atoms with Gasteiger partial charge in [-0.25, -0.2) is 0 Å². The molecule has 1 fully saturated rings. The SMILES string of the molecule is C#C[C@@H]1CNC[C@H]1OC. The Labute approximate surface area is 55.6 Å². The van der Waals surface area contributed by atoms with Crippen LogP contribution in [0.25, 0.3) is 0 Å². The summed E-state index contributed by atoms with van der Waals surface area (Å²) in [5, 5.41) is 3.16. The molecule has 0 aromatic rings. The largest absolute Gasteiger partial charge is 0.379 e. The van der Waals surface area contributed by atoms with E-state index >= 15 is 0 Å². The monoisotopic (exact) mass is 125 g/mol. The smallest absolute Gasteiger partial charge is 0.0845 e. The van der Waals surface area contributed by atoms with Gasteiger partial charge in [0.2, 0.25) is 0 Å². The molecule has 0 saturated carbocycles. The number of hydrogen-bond donors (Lipinski definition) is 1. The average molecular weight is 125 g/mol. The minimum absolute atomic E-state index is 0.231. The molecule has 1 saturated heterocycles. The zero-order chi connectivity index (χ0) is 6.69. The lowest BCUT2D eigenvalue weighted by Crippen LogP contribution is -2.19. The number of nitrogens with one attached hydrogen (secondary N) is 1. The quantitative estimate of drug-likeness (QED) is 0.492. The van der Waals surface area contributed by atoms with Crippen LogP contribution >= 0.6 is 0 Å². The van der Waals surface area contributed by atoms with E-state index in [9.17, 15) is 0 Å². The molecule has 2 atom stereocenters. The molecule has 1 rings (SSSR count). The number of methoxy groups -OCH3 is 1. The first-order valence-electron chi connectivity index (χ1n) is 3.08. The lowest BCUT2D eigenvalue weighted by Gasteiger charge is -2.09. The third kappa shape index (κ3) is 1.24. The van der Waals surface area contributed by atoms with Crippen molar-refractivity contribution in [3.8, 4) is 12.3 Å². The van der Waals surface area contributed by atoms with Gasteiger partial charge in [-0.15, -0.1) is 6.42 Å². The van der Waals surface area contributed by atoms with Crippen LogP contribution in [0.1, 0.15) is 0 Å². The van der Waals surface area contributed by atoms with Gasteiger partial charge in [-0.1, -0.05) is 5.92 Å². The molecule has 0 radical (unpaired) electrons. The van der Waals surface area contributed by atoms with Gasteiger partial charge in [0, 0.05) is 20.2 Å². The van der Waals surface area contributed by atoms with E-state index < -0.39 is 0 Å². The van der Waals surface area contributed by atoms with Crippen LogP contribution in [-0.4, -0.2) is 26.3 Å². The Balaban J connectivity index is 2.44. The van der Waals surface area contributed by atoms with Gasteiger partial charge < -0.3 is 10.1 Å². The maximum atomic E-state index is 5.23. The van der Waals surface area contributed by atoms with Crippen molar-refractivity contribution < 1.29 is 4.74 Å². The molecule has 0 bridgehead atoms. The van der Waals surface area contributed by atoms with E-state index in [0.717, 1.165) is 13.1 Å². The van der Waals surface area contributed by atoms with Crippen LogP contribution in [0, 0.1) is 18.3 Å². The lowest BCUT2D eigenvalue weighted by molar-refractivity contribution is 0.100. The third-order valence-electron chi connectivity index (χ3n) is 1.68. The molecule has 2 nitrogen and oxygen atoms in total. The molecule has 0 spiro atoms. The molecular weight excluding hydrogens is 114 g/mol. The minimum Gasteiger partial charge on any atom is -0.379 e. The Morgan fingerprint density at radius 3 is 2.89 bits per heavy atom. The molecule has 1 heterocycles. The van der Waals surface area contributed by atoms with Gasteiger partial charge in [-0.3, -0.25) is 0 Å². The summed E-state index contributed by atoms with van der Waals surface area (Å²) in [7, 11) is 1.70. The van der Waals surface area contributed by atoms with Crippen LogP contribution in [0.5, 0.6) is 0 Å². The number of terminal acetylenes is 1. The third-order valence-corrected chi connectivity index (χ3v) is 1.68. The van der Waals surface area contributed by atoms with E-state index in [1.54, 1.807) is 7.11 Å². The fraction of sp³-hybridized carbons (Fsp3) is 0.714. The van der Waals surface area contributed by atoms with Crippen molar-refractivity contribution in [3.05, 3.63) is 0 Å². The number of hydrogen-bond acceptors (Lipinski definition) is 2. The minimum atomic E-state index is 0.231. The second-order valence-electron chi connectivity index (χ2n) is 2.21. The van der Waals surface area contributed by atoms with E-state index in [0.29, 0.717) is 0 Å². The van der Waals surface area contributed by atoms with Crippen molar-refractivity contribution in [1.82, 2.24) is 5.32 Å². The predicted octanol–water partition coefficient (Wildman–Crippen LogP) is -0.146. The molecule has 2 heteroatoms. The summed E-state index contributed by atoms with van der Waals surface area (Å²) in [6, 6.07) is 0. The molecule has 50 valence electrons. The van der Waals surface area contributed by atoms with Crippen molar-refractivity contribution in [1.29, 1.82) is 0 Å². The molecular formula is C7H11NO. The molecule has 0 aliphatic carbocycles. The van der Waals surface area contributed by atoms with Gasteiger partial charge in [0.05, 0.1) is 12.0 Å². The second-order valence-corrected chi connectivity index (χ2v) is 2.21. The molecule has 1 aliphatic rings. The summed E-state index contributed by atoms with van der Waals surface area (Å²) >= 11 is 0. The van der Waals surface area contributed by atoms with Gasteiger partial charge >= 0.3 is 0 Å². The molecule has 1 N–H and O–H groups in total. The van der Waals surface area contributed by atoms with Gasteiger partial charge in [-0.05, 0) is 0 Å². The van der Waals surface area contributed by atoms with Gasteiger partial charge in [0.15, 0.2) is 0 Å². The molecule has 0 aromatic carbocycles. The first-order chi connectivity index (χ1) is 4.38. The van der Waals surface area contributed by atoms with Crippen molar-refractivity contribution in [2.24, 2.45) is 5.92 Å². The van der Waals surface area contributed by atoms with Crippen LogP contribution in [0.15, 0.2) is 0 Å². The highest BCUT2D eigenvalue weighted by Crippen LogP contribution is 2.09. The van der Waals surface area contributed by atoms with E-state index in [2.05, 4.69) is 11.2 Å². The first-order valence-corrected chi connectivity index (χ1v) is 3.08. The fourth-order valence-corrected chi connectivity index (χ4v) is 1.07. The van der Waals surface area contributed by atoms with Crippen LogP contribution < -0.4 is 5.32 Å². The lowest BCUT2D eigenvalue weighted by atomic mass is 10.1. The fourth-order valence-electron chi connectivity index (χ4n) is 1.07. The zero-order valence-electron chi connectivity index (χ0n) is 5.55. The van der Waals surface area contributed by atoms with Crippen LogP contribution in [0.3, 0.4) is 0 Å². The van der Waals surface area contributed by atoms with Crippen molar-refractivity contribution in [2.75, 3.05) is 20.2 Å². The Bertz CT molecular complexity index is 127. The summed E-state index contributed by atoms with van der Waals surface area (Å²) in [5.74, 6) is 2.95. The highest BCUT2D eigenvalue weighted by Gasteiger charge is 2.24. The second kappa shape index (κ2) is 2.86. The average Bonchev–Trinajstić information content (AvgIpc) is 2.33. The van der Waals surface area contributed by atoms with Crippen molar-refractivity contribution in [3.63, 3.8) is 0 Å². The number of ether oxygens (including phenoxy) is 1. The van der Waals surface area contributed by atoms with Gasteiger partial charge in [0.25, 0.3) is 0 Å². The Hall–Kier alpha value is -0.520. The molecule has 9 heavy (non-hydrogen) atoms. The summed E-state index contributed by atoms with van der Waals surface area (Å²) in [6.45, 7) is 1.79. The summed E-state index contributed by atoms with van der Waals surface area (Å²) in [4.78, 5) is 0. The maximum Gasteiger partial charge on any atom is 0.0845 e. The normalized spacial score (nSPS) is 34.2. The maximum absolute atomic E-state index is 5.23. The van der Waals surface area contributed by atoms with E-state index in [1.807, 2.05) is 0 Å². The summed E-state index contributed by atoms with van der Waals surface area (Å²) in [5.41, 5.74) is 0. The summed E-state index contributed by atoms with van der Waals surface area (Å²) in [6.07, 6.45) is 5.46. The number of rotatable bonds is 1. The summed E-state index contributed by atoms with van der Waals surface area (Å²) < 4.78 is 5.11. The van der Waals surface area contributed by atoms with Gasteiger partial charge in [0.1, 0.15) is 0 Å². The van der Waals surface area contributed by atoms with Crippen LogP contribution in [0.4, 0.5) is 0 Å².